The van der Waals surface area contributed by atoms with Gasteiger partial charge in [-0.25, -0.2) is 0 Å². The van der Waals surface area contributed by atoms with E-state index < -0.39 is 0 Å². The molecule has 2 nitrogen and oxygen atoms in total. The van der Waals surface area contributed by atoms with Crippen molar-refractivity contribution in [2.24, 2.45) is 17.8 Å². The zero-order valence-corrected chi connectivity index (χ0v) is 11.8. The summed E-state index contributed by atoms with van der Waals surface area (Å²) < 4.78 is 11.2. The summed E-state index contributed by atoms with van der Waals surface area (Å²) in [6.45, 7) is 14.7. The molecule has 0 amide bonds. The molecule has 0 heterocycles. The Morgan fingerprint density at radius 2 is 1.12 bits per heavy atom. The van der Waals surface area contributed by atoms with E-state index in [1.807, 2.05) is 0 Å². The average Bonchev–Trinajstić information content (AvgIpc) is 2.28. The zero-order chi connectivity index (χ0) is 12.4. The quantitative estimate of drug-likeness (QED) is 0.532. The summed E-state index contributed by atoms with van der Waals surface area (Å²) in [5.74, 6) is 1.90. The van der Waals surface area contributed by atoms with E-state index in [0.29, 0.717) is 17.8 Å². The molecule has 2 atom stereocenters. The third-order valence-corrected chi connectivity index (χ3v) is 3.25. The van der Waals surface area contributed by atoms with Gasteiger partial charge in [0, 0.05) is 26.4 Å². The first-order valence-electron chi connectivity index (χ1n) is 6.78. The lowest BCUT2D eigenvalue weighted by Crippen LogP contribution is -2.24. The first kappa shape index (κ1) is 15.9. The van der Waals surface area contributed by atoms with Crippen molar-refractivity contribution in [1.29, 1.82) is 0 Å². The maximum Gasteiger partial charge on any atom is 0.0494 e. The van der Waals surface area contributed by atoms with Gasteiger partial charge in [0.25, 0.3) is 0 Å². The largest absolute Gasteiger partial charge is 0.381 e. The molecule has 0 spiro atoms. The highest BCUT2D eigenvalue weighted by Gasteiger charge is 2.19. The predicted molar refractivity (Wildman–Crippen MR) is 69.7 cm³/mol. The van der Waals surface area contributed by atoms with E-state index in [0.717, 1.165) is 39.3 Å². The third-order valence-electron chi connectivity index (χ3n) is 3.25. The second-order valence-electron chi connectivity index (χ2n) is 4.96. The second-order valence-corrected chi connectivity index (χ2v) is 4.96. The van der Waals surface area contributed by atoms with Crippen LogP contribution in [0.3, 0.4) is 0 Å². The molecule has 0 aliphatic rings. The predicted octanol–water partition coefficient (Wildman–Crippen LogP) is 3.75. The minimum Gasteiger partial charge on any atom is -0.381 e. The maximum absolute atomic E-state index is 5.60. The van der Waals surface area contributed by atoms with E-state index in [-0.39, 0.29) is 0 Å². The second kappa shape index (κ2) is 10.1. The van der Waals surface area contributed by atoms with Crippen molar-refractivity contribution in [3.05, 3.63) is 0 Å². The van der Waals surface area contributed by atoms with Crippen molar-refractivity contribution in [1.82, 2.24) is 0 Å². The minimum atomic E-state index is 0.617. The van der Waals surface area contributed by atoms with E-state index in [1.54, 1.807) is 0 Å². The normalized spacial score (nSPS) is 15.4. The lowest BCUT2D eigenvalue weighted by molar-refractivity contribution is 0.0433. The topological polar surface area (TPSA) is 18.5 Å². The first-order chi connectivity index (χ1) is 7.63. The van der Waals surface area contributed by atoms with Crippen LogP contribution in [-0.4, -0.2) is 26.4 Å². The fourth-order valence-corrected chi connectivity index (χ4v) is 1.69. The Hall–Kier alpha value is -0.0800. The van der Waals surface area contributed by atoms with Gasteiger partial charge in [0.1, 0.15) is 0 Å². The lowest BCUT2D eigenvalue weighted by atomic mass is 9.86. The molecule has 98 valence electrons. The number of hydrogen-bond donors (Lipinski definition) is 0. The Bertz CT molecular complexity index is 132. The van der Waals surface area contributed by atoms with Crippen LogP contribution >= 0.6 is 0 Å². The third kappa shape index (κ3) is 7.24. The van der Waals surface area contributed by atoms with Crippen molar-refractivity contribution in [2.45, 2.75) is 47.5 Å². The SMILES string of the molecule is CCCOC[C@H](C)C(C)[C@@H](C)COCCC. The fourth-order valence-electron chi connectivity index (χ4n) is 1.69. The summed E-state index contributed by atoms with van der Waals surface area (Å²) in [5.41, 5.74) is 0. The average molecular weight is 230 g/mol. The minimum absolute atomic E-state index is 0.617. The molecule has 2 heteroatoms. The standard InChI is InChI=1S/C14H30O2/c1-6-8-15-10-12(3)14(5)13(4)11-16-9-7-2/h12-14H,6-11H2,1-5H3/t12-,13-/m0/s1. The molecule has 0 saturated heterocycles. The summed E-state index contributed by atoms with van der Waals surface area (Å²) in [5, 5.41) is 0. The summed E-state index contributed by atoms with van der Waals surface area (Å²) in [6.07, 6.45) is 2.21. The number of ether oxygens (including phenoxy) is 2. The number of hydrogen-bond acceptors (Lipinski definition) is 2. The van der Waals surface area contributed by atoms with Crippen LogP contribution < -0.4 is 0 Å². The van der Waals surface area contributed by atoms with Crippen LogP contribution in [0.4, 0.5) is 0 Å². The van der Waals surface area contributed by atoms with E-state index in [1.165, 1.54) is 0 Å². The van der Waals surface area contributed by atoms with Gasteiger partial charge in [-0.05, 0) is 30.6 Å². The Morgan fingerprint density at radius 3 is 1.44 bits per heavy atom. The summed E-state index contributed by atoms with van der Waals surface area (Å²) in [4.78, 5) is 0. The molecule has 16 heavy (non-hydrogen) atoms. The molecule has 0 bridgehead atoms. The van der Waals surface area contributed by atoms with Gasteiger partial charge in [-0.15, -0.1) is 0 Å². The molecular formula is C14H30O2. The Kier molecular flexibility index (Phi) is 10.0. The van der Waals surface area contributed by atoms with Crippen LogP contribution in [0, 0.1) is 17.8 Å². The molecule has 0 saturated carbocycles. The van der Waals surface area contributed by atoms with Crippen molar-refractivity contribution >= 4 is 0 Å². The first-order valence-corrected chi connectivity index (χ1v) is 6.78. The molecule has 0 unspecified atom stereocenters. The Balaban J connectivity index is 3.68. The monoisotopic (exact) mass is 230 g/mol. The van der Waals surface area contributed by atoms with Gasteiger partial charge in [-0.3, -0.25) is 0 Å². The van der Waals surface area contributed by atoms with Crippen molar-refractivity contribution in [3.63, 3.8) is 0 Å². The van der Waals surface area contributed by atoms with Gasteiger partial charge in [0.05, 0.1) is 0 Å². The molecule has 0 fully saturated rings. The van der Waals surface area contributed by atoms with Crippen molar-refractivity contribution < 1.29 is 9.47 Å². The molecule has 0 aromatic heterocycles. The van der Waals surface area contributed by atoms with Crippen LogP contribution in [0.1, 0.15) is 47.5 Å². The van der Waals surface area contributed by atoms with Crippen molar-refractivity contribution in [2.75, 3.05) is 26.4 Å². The van der Waals surface area contributed by atoms with E-state index in [4.69, 9.17) is 9.47 Å². The molecule has 0 aromatic rings. The smallest absolute Gasteiger partial charge is 0.0494 e. The van der Waals surface area contributed by atoms with E-state index in [9.17, 15) is 0 Å². The fraction of sp³-hybridized carbons (Fsp3) is 1.00. The van der Waals surface area contributed by atoms with Crippen LogP contribution in [0.2, 0.25) is 0 Å². The molecule has 0 rings (SSSR count). The lowest BCUT2D eigenvalue weighted by Gasteiger charge is -2.26. The molecule has 0 N–H and O–H groups in total. The van der Waals surface area contributed by atoms with E-state index in [2.05, 4.69) is 34.6 Å². The highest BCUT2D eigenvalue weighted by molar-refractivity contribution is 4.67. The maximum atomic E-state index is 5.60. The van der Waals surface area contributed by atoms with Crippen LogP contribution in [-0.2, 0) is 9.47 Å². The molecule has 0 aliphatic heterocycles. The zero-order valence-electron chi connectivity index (χ0n) is 11.8. The van der Waals surface area contributed by atoms with Gasteiger partial charge < -0.3 is 9.47 Å². The van der Waals surface area contributed by atoms with Gasteiger partial charge >= 0.3 is 0 Å². The van der Waals surface area contributed by atoms with Crippen molar-refractivity contribution in [3.8, 4) is 0 Å². The molecular weight excluding hydrogens is 200 g/mol. The number of rotatable bonds is 10. The van der Waals surface area contributed by atoms with Gasteiger partial charge in [-0.2, -0.15) is 0 Å². The van der Waals surface area contributed by atoms with Crippen LogP contribution in [0.15, 0.2) is 0 Å². The summed E-state index contributed by atoms with van der Waals surface area (Å²) in [7, 11) is 0. The van der Waals surface area contributed by atoms with Gasteiger partial charge in [0.2, 0.25) is 0 Å². The highest BCUT2D eigenvalue weighted by atomic mass is 16.5. The highest BCUT2D eigenvalue weighted by Crippen LogP contribution is 2.21. The Labute approximate surface area is 102 Å². The van der Waals surface area contributed by atoms with Crippen LogP contribution in [0.25, 0.3) is 0 Å². The van der Waals surface area contributed by atoms with Gasteiger partial charge in [0.15, 0.2) is 0 Å². The molecule has 0 aromatic carbocycles. The molecule has 0 radical (unpaired) electrons. The summed E-state index contributed by atoms with van der Waals surface area (Å²) >= 11 is 0. The summed E-state index contributed by atoms with van der Waals surface area (Å²) in [6, 6.07) is 0. The Morgan fingerprint density at radius 1 is 0.750 bits per heavy atom. The molecule has 0 aliphatic carbocycles. The van der Waals surface area contributed by atoms with E-state index >= 15 is 0 Å². The van der Waals surface area contributed by atoms with Crippen LogP contribution in [0.5, 0.6) is 0 Å². The van der Waals surface area contributed by atoms with Gasteiger partial charge in [-0.1, -0.05) is 34.6 Å².